The number of nitrogens with zero attached hydrogens (tertiary/aromatic N) is 5. The van der Waals surface area contributed by atoms with Crippen LogP contribution in [0.2, 0.25) is 0 Å². The van der Waals surface area contributed by atoms with Gasteiger partial charge in [0.2, 0.25) is 0 Å². The molecule has 2 atom stereocenters. The fourth-order valence-electron chi connectivity index (χ4n) is 4.94. The van der Waals surface area contributed by atoms with Crippen molar-refractivity contribution in [3.63, 3.8) is 0 Å². The van der Waals surface area contributed by atoms with Gasteiger partial charge in [0, 0.05) is 68.5 Å². The molecule has 1 aromatic carbocycles. The molecular weight excluding hydrogens is 845 g/mol. The predicted octanol–water partition coefficient (Wildman–Crippen LogP) is 8.44. The zero-order valence-corrected chi connectivity index (χ0v) is 35.2. The molecule has 0 fully saturated rings. The van der Waals surface area contributed by atoms with Gasteiger partial charge in [-0.05, 0) is 89.5 Å². The second-order valence-corrected chi connectivity index (χ2v) is 14.7. The number of aromatic nitrogens is 4. The molecule has 2 N–H and O–H groups in total. The molecule has 0 bridgehead atoms. The number of anilines is 3. The van der Waals surface area contributed by atoms with Crippen LogP contribution < -0.4 is 19.1 Å². The molecule has 0 radical (unpaired) electrons. The normalized spacial score (nSPS) is 12.2. The van der Waals surface area contributed by atoms with E-state index in [-0.39, 0.29) is 30.3 Å². The van der Waals surface area contributed by atoms with E-state index < -0.39 is 24.8 Å². The summed E-state index contributed by atoms with van der Waals surface area (Å²) in [5, 5.41) is 16.7. The van der Waals surface area contributed by atoms with Crippen molar-refractivity contribution in [3.8, 4) is 28.6 Å². The van der Waals surface area contributed by atoms with E-state index in [2.05, 4.69) is 80.7 Å². The summed E-state index contributed by atoms with van der Waals surface area (Å²) < 4.78 is 49.1. The van der Waals surface area contributed by atoms with Crippen molar-refractivity contribution < 1.29 is 66.7 Å². The molecule has 0 saturated heterocycles. The van der Waals surface area contributed by atoms with Gasteiger partial charge in [-0.1, -0.05) is 41.5 Å². The number of aliphatic hydroxyl groups excluding tert-OH is 2. The second kappa shape index (κ2) is 22.0. The molecular formula is C42H48F3N5O7Ru. The van der Waals surface area contributed by atoms with Crippen molar-refractivity contribution in [1.29, 1.82) is 0 Å². The van der Waals surface area contributed by atoms with Crippen molar-refractivity contribution in [2.75, 3.05) is 12.0 Å². The molecule has 0 saturated carbocycles. The molecule has 16 heteroatoms. The summed E-state index contributed by atoms with van der Waals surface area (Å²) >= 11 is 0. The minimum Gasteiger partial charge on any atom is -0.497 e. The van der Waals surface area contributed by atoms with Crippen LogP contribution in [-0.4, -0.2) is 68.6 Å². The summed E-state index contributed by atoms with van der Waals surface area (Å²) in [4.78, 5) is 40.2. The Bertz CT molecular complexity index is 1930. The molecule has 0 aliphatic heterocycles. The number of hydrogen-bond acceptors (Lipinski definition) is 12. The van der Waals surface area contributed by atoms with Gasteiger partial charge in [0.15, 0.2) is 6.10 Å². The molecule has 4 heterocycles. The molecule has 0 spiro atoms. The van der Waals surface area contributed by atoms with E-state index in [0.717, 1.165) is 23.1 Å². The van der Waals surface area contributed by atoms with Crippen LogP contribution in [0.25, 0.3) is 11.4 Å². The predicted molar refractivity (Wildman–Crippen MR) is 210 cm³/mol. The third kappa shape index (κ3) is 15.2. The number of pyridine rings is 4. The van der Waals surface area contributed by atoms with Crippen LogP contribution in [0.5, 0.6) is 17.2 Å². The second-order valence-electron chi connectivity index (χ2n) is 14.7. The first-order chi connectivity index (χ1) is 26.8. The maximum absolute atomic E-state index is 11.4. The van der Waals surface area contributed by atoms with E-state index in [1.54, 1.807) is 31.4 Å². The fraction of sp³-hybridized carbons (Fsp3) is 0.333. The third-order valence-electron chi connectivity index (χ3n) is 8.05. The Hall–Kier alpha value is -5.31. The van der Waals surface area contributed by atoms with Crippen LogP contribution in [0.1, 0.15) is 66.0 Å². The number of aliphatic hydroxyl groups is 2. The largest absolute Gasteiger partial charge is 0.497 e. The number of alkyl halides is 3. The zero-order chi connectivity index (χ0) is 42.4. The van der Waals surface area contributed by atoms with Crippen molar-refractivity contribution in [3.05, 3.63) is 109 Å². The molecule has 4 aromatic heterocycles. The van der Waals surface area contributed by atoms with Gasteiger partial charge in [-0.25, -0.2) is 9.97 Å². The topological polar surface area (TPSA) is 157 Å². The number of rotatable bonds is 11. The molecule has 0 aliphatic rings. The van der Waals surface area contributed by atoms with Gasteiger partial charge in [0.25, 0.3) is 12.9 Å². The van der Waals surface area contributed by atoms with Crippen LogP contribution in [-0.2, 0) is 39.9 Å². The first kappa shape index (κ1) is 48.8. The van der Waals surface area contributed by atoms with Crippen LogP contribution >= 0.6 is 0 Å². The van der Waals surface area contributed by atoms with Crippen molar-refractivity contribution in [1.82, 2.24) is 19.9 Å². The van der Waals surface area contributed by atoms with E-state index in [1.807, 2.05) is 36.7 Å². The van der Waals surface area contributed by atoms with Gasteiger partial charge in [-0.2, -0.15) is 13.2 Å². The zero-order valence-electron chi connectivity index (χ0n) is 33.4. The SMILES string of the molecule is CC(O)CC(O)C(F)(F)F.COc1ccc(N(c2cc(C(C)(C)C)ccn2)c2cc(C(C)(C)C)ccn2)cc1.O=COc1ccnc(-c2cc(OC=O)ccn2)c1.[Ru]. The summed E-state index contributed by atoms with van der Waals surface area (Å²) in [6.45, 7) is 15.1. The van der Waals surface area contributed by atoms with Crippen LogP contribution in [0.4, 0.5) is 30.5 Å². The molecule has 5 rings (SSSR count). The monoisotopic (exact) mass is 893 g/mol. The maximum atomic E-state index is 11.4. The maximum Gasteiger partial charge on any atom is 0.414 e. The van der Waals surface area contributed by atoms with Gasteiger partial charge in [0.1, 0.15) is 28.9 Å². The molecule has 0 amide bonds. The van der Waals surface area contributed by atoms with Gasteiger partial charge in [0.05, 0.1) is 24.6 Å². The van der Waals surface area contributed by atoms with E-state index in [0.29, 0.717) is 35.8 Å². The Morgan fingerprint density at radius 1 is 0.655 bits per heavy atom. The van der Waals surface area contributed by atoms with E-state index in [1.165, 1.54) is 30.4 Å². The van der Waals surface area contributed by atoms with Gasteiger partial charge < -0.3 is 24.4 Å². The van der Waals surface area contributed by atoms with E-state index in [9.17, 15) is 22.8 Å². The first-order valence-corrected chi connectivity index (χ1v) is 17.7. The van der Waals surface area contributed by atoms with Gasteiger partial charge in [-0.3, -0.25) is 24.5 Å². The Balaban J connectivity index is 0.000000341. The Morgan fingerprint density at radius 3 is 1.40 bits per heavy atom. The van der Waals surface area contributed by atoms with Gasteiger partial charge in [-0.15, -0.1) is 0 Å². The summed E-state index contributed by atoms with van der Waals surface area (Å²) in [5.74, 6) is 3.24. The summed E-state index contributed by atoms with van der Waals surface area (Å²) in [6, 6.07) is 22.7. The quantitative estimate of drug-likeness (QED) is 0.0965. The number of methoxy groups -OCH3 is 1. The van der Waals surface area contributed by atoms with E-state index >= 15 is 0 Å². The van der Waals surface area contributed by atoms with Crippen molar-refractivity contribution >= 4 is 30.3 Å². The fourth-order valence-corrected chi connectivity index (χ4v) is 4.94. The Labute approximate surface area is 349 Å². The summed E-state index contributed by atoms with van der Waals surface area (Å²) in [6.07, 6.45) is -2.09. The average molecular weight is 893 g/mol. The average Bonchev–Trinajstić information content (AvgIpc) is 3.15. The smallest absolute Gasteiger partial charge is 0.414 e. The summed E-state index contributed by atoms with van der Waals surface area (Å²) in [7, 11) is 1.68. The summed E-state index contributed by atoms with van der Waals surface area (Å²) in [5.41, 5.74) is 4.52. The van der Waals surface area contributed by atoms with E-state index in [4.69, 9.17) is 34.4 Å². The molecule has 12 nitrogen and oxygen atoms in total. The molecule has 5 aromatic rings. The molecule has 58 heavy (non-hydrogen) atoms. The minimum atomic E-state index is -4.61. The standard InChI is InChI=1S/C25H31N3O.C12H8N2O4.C5H9F3O2.Ru/c1-24(2,3)18-12-14-26-22(16-18)28(20-8-10-21(29-7)11-9-20)23-17-19(13-15-27-23)25(4,5)6;15-7-17-9-1-3-13-11(5-9)12-6-10(18-8-16)2-4-14-12;1-3(9)2-4(10)5(6,7)8;/h8-17H,1-7H3;1-8H;3-4,9-10H,2H2,1H3;. The Morgan fingerprint density at radius 2 is 1.07 bits per heavy atom. The molecule has 0 aliphatic carbocycles. The van der Waals surface area contributed by atoms with Gasteiger partial charge >= 0.3 is 6.18 Å². The van der Waals surface area contributed by atoms with Crippen molar-refractivity contribution in [2.45, 2.75) is 84.1 Å². The van der Waals surface area contributed by atoms with Crippen LogP contribution in [0.3, 0.4) is 0 Å². The first-order valence-electron chi connectivity index (χ1n) is 17.7. The number of carbonyl (C=O) groups excluding carboxylic acids is 2. The minimum absolute atomic E-state index is 0. The van der Waals surface area contributed by atoms with Crippen molar-refractivity contribution in [2.24, 2.45) is 0 Å². The number of ether oxygens (including phenoxy) is 3. The van der Waals surface area contributed by atoms with Crippen LogP contribution in [0, 0.1) is 0 Å². The third-order valence-corrected chi connectivity index (χ3v) is 8.05. The number of benzene rings is 1. The Kier molecular flexibility index (Phi) is 18.5. The number of halogens is 3. The number of hydrogen-bond donors (Lipinski definition) is 2. The molecule has 312 valence electrons. The number of carbonyl (C=O) groups is 2. The molecule has 2 unspecified atom stereocenters. The van der Waals surface area contributed by atoms with Crippen LogP contribution in [0.15, 0.2) is 97.6 Å².